The SMILES string of the molecule is CCCCCCCCN(CCCCCCCC)S(=O)(=O)c1ccc(Cl)cc1Cl. The Balaban J connectivity index is 2.71. The minimum atomic E-state index is -3.60. The molecule has 0 aliphatic heterocycles. The first-order valence-electron chi connectivity index (χ1n) is 10.9. The standard InChI is InChI=1S/C22H37Cl2NO2S/c1-3-5-7-9-11-13-17-25(18-14-12-10-8-6-4-2)28(26,27)22-16-15-20(23)19-21(22)24/h15-16,19H,3-14,17-18H2,1-2H3. The number of unbranched alkanes of at least 4 members (excludes halogenated alkanes) is 10. The normalized spacial score (nSPS) is 12.0. The summed E-state index contributed by atoms with van der Waals surface area (Å²) >= 11 is 12.1. The van der Waals surface area contributed by atoms with Crippen LogP contribution in [0.5, 0.6) is 0 Å². The van der Waals surface area contributed by atoms with E-state index >= 15 is 0 Å². The Hall–Kier alpha value is -0.290. The Bertz CT molecular complexity index is 634. The van der Waals surface area contributed by atoms with E-state index in [0.717, 1.165) is 25.7 Å². The average molecular weight is 451 g/mol. The van der Waals surface area contributed by atoms with Crippen LogP contribution in [0.15, 0.2) is 23.1 Å². The Kier molecular flexibility index (Phi) is 13.5. The molecule has 0 N–H and O–H groups in total. The molecule has 6 heteroatoms. The van der Waals surface area contributed by atoms with Crippen molar-refractivity contribution in [1.29, 1.82) is 0 Å². The number of rotatable bonds is 16. The lowest BCUT2D eigenvalue weighted by atomic mass is 10.1. The second kappa shape index (κ2) is 14.7. The lowest BCUT2D eigenvalue weighted by molar-refractivity contribution is 0.383. The molecule has 0 saturated heterocycles. The zero-order valence-corrected chi connectivity index (χ0v) is 19.9. The van der Waals surface area contributed by atoms with Crippen molar-refractivity contribution in [2.75, 3.05) is 13.1 Å². The van der Waals surface area contributed by atoms with Crippen LogP contribution in [0.25, 0.3) is 0 Å². The van der Waals surface area contributed by atoms with Crippen LogP contribution in [0.2, 0.25) is 10.0 Å². The summed E-state index contributed by atoms with van der Waals surface area (Å²) in [5, 5.41) is 0.644. The topological polar surface area (TPSA) is 37.4 Å². The fourth-order valence-corrected chi connectivity index (χ4v) is 5.58. The highest BCUT2D eigenvalue weighted by Crippen LogP contribution is 2.28. The molecule has 162 valence electrons. The van der Waals surface area contributed by atoms with E-state index in [4.69, 9.17) is 23.2 Å². The lowest BCUT2D eigenvalue weighted by Crippen LogP contribution is -2.33. The predicted molar refractivity (Wildman–Crippen MR) is 122 cm³/mol. The van der Waals surface area contributed by atoms with Gasteiger partial charge in [0, 0.05) is 18.1 Å². The Labute approximate surface area is 182 Å². The van der Waals surface area contributed by atoms with Crippen molar-refractivity contribution in [2.24, 2.45) is 0 Å². The van der Waals surface area contributed by atoms with Crippen LogP contribution in [0.4, 0.5) is 0 Å². The van der Waals surface area contributed by atoms with Gasteiger partial charge in [-0.2, -0.15) is 4.31 Å². The van der Waals surface area contributed by atoms with E-state index in [1.54, 1.807) is 10.4 Å². The van der Waals surface area contributed by atoms with E-state index in [1.165, 1.54) is 63.5 Å². The van der Waals surface area contributed by atoms with E-state index < -0.39 is 10.0 Å². The van der Waals surface area contributed by atoms with Crippen molar-refractivity contribution in [3.63, 3.8) is 0 Å². The van der Waals surface area contributed by atoms with Crippen molar-refractivity contribution in [3.8, 4) is 0 Å². The molecule has 0 amide bonds. The minimum absolute atomic E-state index is 0.163. The minimum Gasteiger partial charge on any atom is -0.207 e. The molecule has 0 bridgehead atoms. The highest BCUT2D eigenvalue weighted by molar-refractivity contribution is 7.89. The Morgan fingerprint density at radius 1 is 0.750 bits per heavy atom. The molecular formula is C22H37Cl2NO2S. The van der Waals surface area contributed by atoms with Gasteiger partial charge in [-0.05, 0) is 31.0 Å². The molecule has 3 nitrogen and oxygen atoms in total. The zero-order valence-electron chi connectivity index (χ0n) is 17.6. The molecule has 0 aliphatic rings. The van der Waals surface area contributed by atoms with Crippen LogP contribution in [-0.2, 0) is 10.0 Å². The summed E-state index contributed by atoms with van der Waals surface area (Å²) in [5.74, 6) is 0. The highest BCUT2D eigenvalue weighted by atomic mass is 35.5. The maximum Gasteiger partial charge on any atom is 0.244 e. The first-order chi connectivity index (χ1) is 13.4. The summed E-state index contributed by atoms with van der Waals surface area (Å²) in [4.78, 5) is 0.163. The molecule has 28 heavy (non-hydrogen) atoms. The van der Waals surface area contributed by atoms with Crippen LogP contribution < -0.4 is 0 Å². The number of sulfonamides is 1. The maximum absolute atomic E-state index is 13.2. The summed E-state index contributed by atoms with van der Waals surface area (Å²) in [6.45, 7) is 5.51. The largest absolute Gasteiger partial charge is 0.244 e. The second-order valence-corrected chi connectivity index (χ2v) is 10.3. The van der Waals surface area contributed by atoms with Crippen LogP contribution in [-0.4, -0.2) is 25.8 Å². The molecule has 0 radical (unpaired) electrons. The Morgan fingerprint density at radius 2 is 1.21 bits per heavy atom. The molecule has 0 aromatic heterocycles. The number of halogens is 2. The van der Waals surface area contributed by atoms with Gasteiger partial charge in [0.15, 0.2) is 0 Å². The fourth-order valence-electron chi connectivity index (χ4n) is 3.31. The van der Waals surface area contributed by atoms with Gasteiger partial charge in [-0.1, -0.05) is 101 Å². The van der Waals surface area contributed by atoms with Gasteiger partial charge in [0.25, 0.3) is 0 Å². The van der Waals surface area contributed by atoms with Crippen LogP contribution in [0.3, 0.4) is 0 Å². The fraction of sp³-hybridized carbons (Fsp3) is 0.727. The third-order valence-corrected chi connectivity index (χ3v) is 7.65. The molecule has 0 heterocycles. The van der Waals surface area contributed by atoms with Crippen molar-refractivity contribution >= 4 is 33.2 Å². The number of benzene rings is 1. The first kappa shape index (κ1) is 25.7. The van der Waals surface area contributed by atoms with E-state index in [9.17, 15) is 8.42 Å². The van der Waals surface area contributed by atoms with Gasteiger partial charge in [0.05, 0.1) is 5.02 Å². The quantitative estimate of drug-likeness (QED) is 0.242. The van der Waals surface area contributed by atoms with Crippen molar-refractivity contribution in [1.82, 2.24) is 4.31 Å². The van der Waals surface area contributed by atoms with Gasteiger partial charge in [0.2, 0.25) is 10.0 Å². The van der Waals surface area contributed by atoms with Crippen molar-refractivity contribution in [3.05, 3.63) is 28.2 Å². The van der Waals surface area contributed by atoms with Crippen LogP contribution in [0.1, 0.15) is 90.9 Å². The molecule has 1 aromatic rings. The van der Waals surface area contributed by atoms with Gasteiger partial charge in [-0.3, -0.25) is 0 Å². The lowest BCUT2D eigenvalue weighted by Gasteiger charge is -2.23. The van der Waals surface area contributed by atoms with E-state index in [2.05, 4.69) is 13.8 Å². The van der Waals surface area contributed by atoms with Gasteiger partial charge in [-0.25, -0.2) is 8.42 Å². The van der Waals surface area contributed by atoms with E-state index in [0.29, 0.717) is 18.1 Å². The third kappa shape index (κ3) is 9.47. The first-order valence-corrected chi connectivity index (χ1v) is 13.1. The molecule has 1 rings (SSSR count). The third-order valence-electron chi connectivity index (χ3n) is 5.03. The van der Waals surface area contributed by atoms with E-state index in [-0.39, 0.29) is 9.92 Å². The zero-order chi connectivity index (χ0) is 20.8. The molecule has 0 atom stereocenters. The molecule has 0 unspecified atom stereocenters. The average Bonchev–Trinajstić information content (AvgIpc) is 2.65. The number of hydrogen-bond acceptors (Lipinski definition) is 2. The molecular weight excluding hydrogens is 413 g/mol. The molecule has 1 aromatic carbocycles. The monoisotopic (exact) mass is 449 g/mol. The summed E-state index contributed by atoms with van der Waals surface area (Å²) in [5.41, 5.74) is 0. The van der Waals surface area contributed by atoms with Gasteiger partial charge < -0.3 is 0 Å². The molecule has 0 aliphatic carbocycles. The number of nitrogens with zero attached hydrogens (tertiary/aromatic N) is 1. The smallest absolute Gasteiger partial charge is 0.207 e. The summed E-state index contributed by atoms with van der Waals surface area (Å²) in [6.07, 6.45) is 13.6. The summed E-state index contributed by atoms with van der Waals surface area (Å²) in [6, 6.07) is 4.62. The highest BCUT2D eigenvalue weighted by Gasteiger charge is 2.26. The number of hydrogen-bond donors (Lipinski definition) is 0. The van der Waals surface area contributed by atoms with Crippen LogP contribution in [0, 0.1) is 0 Å². The van der Waals surface area contributed by atoms with Gasteiger partial charge in [-0.15, -0.1) is 0 Å². The maximum atomic E-state index is 13.2. The van der Waals surface area contributed by atoms with Gasteiger partial charge in [0.1, 0.15) is 4.90 Å². The predicted octanol–water partition coefficient (Wildman–Crippen LogP) is 7.71. The Morgan fingerprint density at radius 3 is 1.68 bits per heavy atom. The molecule has 0 spiro atoms. The van der Waals surface area contributed by atoms with Crippen LogP contribution >= 0.6 is 23.2 Å². The summed E-state index contributed by atoms with van der Waals surface area (Å²) < 4.78 is 28.0. The summed E-state index contributed by atoms with van der Waals surface area (Å²) in [7, 11) is -3.60. The van der Waals surface area contributed by atoms with Gasteiger partial charge >= 0.3 is 0 Å². The molecule has 0 saturated carbocycles. The van der Waals surface area contributed by atoms with Crippen molar-refractivity contribution < 1.29 is 8.42 Å². The molecule has 0 fully saturated rings. The van der Waals surface area contributed by atoms with Crippen molar-refractivity contribution in [2.45, 2.75) is 95.8 Å². The second-order valence-electron chi connectivity index (χ2n) is 7.51. The van der Waals surface area contributed by atoms with E-state index in [1.807, 2.05) is 0 Å².